The average Bonchev–Trinajstić information content (AvgIpc) is 2.74. The number of aryl methyl sites for hydroxylation is 2. The largest absolute Gasteiger partial charge is 0.298 e. The number of aromatic nitrogens is 1. The highest BCUT2D eigenvalue weighted by atomic mass is 127. The number of halogens is 1. The first kappa shape index (κ1) is 13.0. The molecule has 90 valence electrons. The summed E-state index contributed by atoms with van der Waals surface area (Å²) in [6.07, 6.45) is 5.05. The van der Waals surface area contributed by atoms with Crippen molar-refractivity contribution in [3.05, 3.63) is 35.0 Å². The Balaban J connectivity index is 2.77. The van der Waals surface area contributed by atoms with Gasteiger partial charge in [-0.3, -0.25) is 8.77 Å². The van der Waals surface area contributed by atoms with Crippen LogP contribution in [0.5, 0.6) is 0 Å². The van der Waals surface area contributed by atoms with Gasteiger partial charge >= 0.3 is 0 Å². The molecule has 4 heteroatoms. The van der Waals surface area contributed by atoms with E-state index >= 15 is 0 Å². The van der Waals surface area contributed by atoms with Gasteiger partial charge in [0.25, 0.3) is 0 Å². The van der Waals surface area contributed by atoms with Crippen LogP contribution >= 0.6 is 30.3 Å². The first-order valence-electron chi connectivity index (χ1n) is 5.60. The summed E-state index contributed by atoms with van der Waals surface area (Å²) in [5.74, 6) is 0. The van der Waals surface area contributed by atoms with Crippen LogP contribution in [0, 0.1) is 6.92 Å². The molecule has 0 spiro atoms. The SMILES string of the molecule is CCCc1cc(C)c2c(ccn2SI)c1C=O. The minimum Gasteiger partial charge on any atom is -0.298 e. The van der Waals surface area contributed by atoms with Gasteiger partial charge in [-0.2, -0.15) is 0 Å². The highest BCUT2D eigenvalue weighted by Gasteiger charge is 2.12. The minimum absolute atomic E-state index is 0.858. The lowest BCUT2D eigenvalue weighted by Gasteiger charge is -2.09. The average molecular weight is 359 g/mol. The van der Waals surface area contributed by atoms with Crippen LogP contribution in [0.1, 0.15) is 34.8 Å². The molecule has 2 nitrogen and oxygen atoms in total. The molecule has 2 aromatic rings. The van der Waals surface area contributed by atoms with E-state index in [9.17, 15) is 4.79 Å². The van der Waals surface area contributed by atoms with Gasteiger partial charge < -0.3 is 0 Å². The zero-order valence-electron chi connectivity index (χ0n) is 9.87. The number of fused-ring (bicyclic) bond motifs is 1. The molecule has 0 saturated heterocycles. The summed E-state index contributed by atoms with van der Waals surface area (Å²) in [4.78, 5) is 11.3. The molecule has 2 rings (SSSR count). The van der Waals surface area contributed by atoms with Gasteiger partial charge in [0.05, 0.1) is 5.52 Å². The molecule has 0 aliphatic heterocycles. The third-order valence-electron chi connectivity index (χ3n) is 2.96. The number of nitrogens with zero attached hydrogens (tertiary/aromatic N) is 1. The van der Waals surface area contributed by atoms with Gasteiger partial charge in [-0.1, -0.05) is 19.4 Å². The maximum atomic E-state index is 11.3. The van der Waals surface area contributed by atoms with Crippen LogP contribution in [0.25, 0.3) is 10.9 Å². The Labute approximate surface area is 117 Å². The number of rotatable bonds is 4. The Morgan fingerprint density at radius 1 is 1.53 bits per heavy atom. The van der Waals surface area contributed by atoms with Crippen molar-refractivity contribution in [3.63, 3.8) is 0 Å². The first-order chi connectivity index (χ1) is 8.22. The second-order valence-electron chi connectivity index (χ2n) is 4.11. The fourth-order valence-corrected chi connectivity index (χ4v) is 3.67. The Kier molecular flexibility index (Phi) is 4.14. The van der Waals surface area contributed by atoms with Crippen molar-refractivity contribution >= 4 is 47.5 Å². The summed E-state index contributed by atoms with van der Waals surface area (Å²) in [5, 5.41) is 1.08. The molecular formula is C13H14INOS. The molecule has 0 aliphatic rings. The lowest BCUT2D eigenvalue weighted by molar-refractivity contribution is 0.112. The van der Waals surface area contributed by atoms with E-state index in [1.807, 2.05) is 12.3 Å². The van der Waals surface area contributed by atoms with Crippen molar-refractivity contribution in [1.29, 1.82) is 0 Å². The highest BCUT2D eigenvalue weighted by Crippen LogP contribution is 2.31. The van der Waals surface area contributed by atoms with E-state index in [0.717, 1.165) is 35.6 Å². The molecule has 0 amide bonds. The summed E-state index contributed by atoms with van der Waals surface area (Å²) in [7, 11) is 1.63. The van der Waals surface area contributed by atoms with Crippen LogP contribution in [0.4, 0.5) is 0 Å². The number of benzene rings is 1. The van der Waals surface area contributed by atoms with E-state index in [0.29, 0.717) is 0 Å². The number of aldehydes is 1. The lowest BCUT2D eigenvalue weighted by atomic mass is 9.97. The van der Waals surface area contributed by atoms with Crippen LogP contribution in [0.3, 0.4) is 0 Å². The quantitative estimate of drug-likeness (QED) is 0.590. The second kappa shape index (κ2) is 5.44. The van der Waals surface area contributed by atoms with E-state index in [-0.39, 0.29) is 0 Å². The van der Waals surface area contributed by atoms with Crippen molar-refractivity contribution < 1.29 is 4.79 Å². The monoisotopic (exact) mass is 359 g/mol. The van der Waals surface area contributed by atoms with Crippen LogP contribution < -0.4 is 0 Å². The second-order valence-corrected chi connectivity index (χ2v) is 5.82. The van der Waals surface area contributed by atoms with Crippen molar-refractivity contribution in [2.45, 2.75) is 26.7 Å². The van der Waals surface area contributed by atoms with Crippen molar-refractivity contribution in [2.24, 2.45) is 0 Å². The molecule has 17 heavy (non-hydrogen) atoms. The lowest BCUT2D eigenvalue weighted by Crippen LogP contribution is -1.96. The zero-order valence-corrected chi connectivity index (χ0v) is 12.8. The molecule has 0 unspecified atom stereocenters. The van der Waals surface area contributed by atoms with E-state index in [4.69, 9.17) is 0 Å². The molecule has 0 radical (unpaired) electrons. The Bertz CT molecular complexity index is 562. The third kappa shape index (κ3) is 2.25. The highest BCUT2D eigenvalue weighted by molar-refractivity contribution is 14.2. The van der Waals surface area contributed by atoms with Gasteiger partial charge in [0.15, 0.2) is 6.29 Å². The van der Waals surface area contributed by atoms with E-state index in [1.165, 1.54) is 11.1 Å². The summed E-state index contributed by atoms with van der Waals surface area (Å²) in [6.45, 7) is 4.25. The molecule has 0 N–H and O–H groups in total. The Hall–Kier alpha value is -0.490. The summed E-state index contributed by atoms with van der Waals surface area (Å²) in [6, 6.07) is 4.19. The van der Waals surface area contributed by atoms with Crippen molar-refractivity contribution in [1.82, 2.24) is 3.97 Å². The third-order valence-corrected chi connectivity index (χ3v) is 4.69. The number of carbonyl (C=O) groups is 1. The van der Waals surface area contributed by atoms with Crippen LogP contribution in [0.2, 0.25) is 0 Å². The van der Waals surface area contributed by atoms with Crippen LogP contribution in [-0.4, -0.2) is 10.3 Å². The van der Waals surface area contributed by atoms with Crippen LogP contribution in [-0.2, 0) is 6.42 Å². The van der Waals surface area contributed by atoms with E-state index < -0.39 is 0 Å². The van der Waals surface area contributed by atoms with E-state index in [2.05, 4.69) is 45.1 Å². The summed E-state index contributed by atoms with van der Waals surface area (Å²) >= 11 is 2.26. The molecule has 0 atom stereocenters. The number of hydrogen-bond donors (Lipinski definition) is 0. The summed E-state index contributed by atoms with van der Waals surface area (Å²) < 4.78 is 2.11. The zero-order chi connectivity index (χ0) is 12.4. The van der Waals surface area contributed by atoms with Gasteiger partial charge in [0.2, 0.25) is 0 Å². The smallest absolute Gasteiger partial charge is 0.151 e. The molecule has 0 aliphatic carbocycles. The van der Waals surface area contributed by atoms with Crippen molar-refractivity contribution in [2.75, 3.05) is 0 Å². The summed E-state index contributed by atoms with van der Waals surface area (Å²) in [5.41, 5.74) is 4.43. The molecular weight excluding hydrogens is 345 g/mol. The maximum Gasteiger partial charge on any atom is 0.151 e. The van der Waals surface area contributed by atoms with Crippen LogP contribution in [0.15, 0.2) is 18.3 Å². The van der Waals surface area contributed by atoms with Gasteiger partial charge in [-0.15, -0.1) is 0 Å². The van der Waals surface area contributed by atoms with E-state index in [1.54, 1.807) is 9.12 Å². The fourth-order valence-electron chi connectivity index (χ4n) is 2.27. The van der Waals surface area contributed by atoms with Gasteiger partial charge in [-0.05, 0) is 30.5 Å². The molecule has 1 aromatic heterocycles. The Morgan fingerprint density at radius 3 is 2.88 bits per heavy atom. The first-order valence-corrected chi connectivity index (χ1v) is 8.92. The van der Waals surface area contributed by atoms with Crippen molar-refractivity contribution in [3.8, 4) is 0 Å². The molecule has 1 aromatic carbocycles. The van der Waals surface area contributed by atoms with Gasteiger partial charge in [0, 0.05) is 47.5 Å². The molecule has 0 bridgehead atoms. The predicted octanol–water partition coefficient (Wildman–Crippen LogP) is 4.56. The Morgan fingerprint density at radius 2 is 2.29 bits per heavy atom. The normalized spacial score (nSPS) is 11.0. The predicted molar refractivity (Wildman–Crippen MR) is 83.1 cm³/mol. The molecule has 0 saturated carbocycles. The fraction of sp³-hybridized carbons (Fsp3) is 0.308. The number of carbonyl (C=O) groups excluding carboxylic acids is 1. The minimum atomic E-state index is 0.858. The molecule has 0 fully saturated rings. The topological polar surface area (TPSA) is 22.0 Å². The molecule has 1 heterocycles. The van der Waals surface area contributed by atoms with Gasteiger partial charge in [0.1, 0.15) is 0 Å². The standard InChI is InChI=1S/C13H14INOS/c1-3-4-10-7-9(2)13-11(12(10)8-16)5-6-15(13)17-14/h5-8H,3-4H2,1-2H3. The maximum absolute atomic E-state index is 11.3. The number of hydrogen-bond acceptors (Lipinski definition) is 2. The van der Waals surface area contributed by atoms with Gasteiger partial charge in [-0.25, -0.2) is 0 Å².